The largest absolute Gasteiger partial charge is 0.318 e. The maximum absolute atomic E-state index is 11.2. The van der Waals surface area contributed by atoms with Crippen LogP contribution in [0.3, 0.4) is 0 Å². The molecule has 3 nitrogen and oxygen atoms in total. The van der Waals surface area contributed by atoms with Crippen LogP contribution < -0.4 is 5.56 Å². The van der Waals surface area contributed by atoms with Gasteiger partial charge < -0.3 is 4.57 Å². The number of hydrogen-bond acceptors (Lipinski definition) is 2. The highest BCUT2D eigenvalue weighted by Crippen LogP contribution is 1.97. The van der Waals surface area contributed by atoms with Crippen molar-refractivity contribution in [3.05, 3.63) is 33.7 Å². The van der Waals surface area contributed by atoms with Gasteiger partial charge in [0.1, 0.15) is 0 Å². The van der Waals surface area contributed by atoms with E-state index in [1.165, 1.54) is 4.57 Å². The second-order valence-corrected chi connectivity index (χ2v) is 2.38. The van der Waals surface area contributed by atoms with Gasteiger partial charge in [-0.25, -0.2) is 0 Å². The molecular weight excluding hydrogens is 140 g/mol. The van der Waals surface area contributed by atoms with Crippen molar-refractivity contribution in [3.63, 3.8) is 0 Å². The molecular formula is C8H8N2O. The fraction of sp³-hybridized carbons (Fsp3) is 0.250. The standard InChI is InChI=1S/C8H8N2O/c1-6-7(5-9)3-4-10(2)8(6)11/h3-4H,1-2H3. The first-order valence-electron chi connectivity index (χ1n) is 3.23. The van der Waals surface area contributed by atoms with Crippen molar-refractivity contribution in [2.24, 2.45) is 7.05 Å². The van der Waals surface area contributed by atoms with Gasteiger partial charge in [-0.15, -0.1) is 0 Å². The minimum absolute atomic E-state index is 0.107. The monoisotopic (exact) mass is 148 g/mol. The van der Waals surface area contributed by atoms with E-state index in [1.54, 1.807) is 26.2 Å². The Hall–Kier alpha value is -1.56. The quantitative estimate of drug-likeness (QED) is 0.539. The van der Waals surface area contributed by atoms with Crippen molar-refractivity contribution in [1.82, 2.24) is 4.57 Å². The normalized spacial score (nSPS) is 9.18. The van der Waals surface area contributed by atoms with Crippen LogP contribution in [0, 0.1) is 18.3 Å². The smallest absolute Gasteiger partial charge is 0.254 e. The molecule has 0 atom stereocenters. The highest BCUT2D eigenvalue weighted by Gasteiger charge is 2.00. The van der Waals surface area contributed by atoms with E-state index in [9.17, 15) is 4.79 Å². The van der Waals surface area contributed by atoms with Gasteiger partial charge in [-0.05, 0) is 13.0 Å². The van der Waals surface area contributed by atoms with Crippen molar-refractivity contribution < 1.29 is 0 Å². The van der Waals surface area contributed by atoms with Gasteiger partial charge in [0, 0.05) is 18.8 Å². The molecule has 0 aliphatic rings. The van der Waals surface area contributed by atoms with Crippen molar-refractivity contribution in [2.75, 3.05) is 0 Å². The topological polar surface area (TPSA) is 45.8 Å². The SMILES string of the molecule is Cc1c(C#N)ccn(C)c1=O. The van der Waals surface area contributed by atoms with Crippen LogP contribution in [-0.4, -0.2) is 4.57 Å². The first-order chi connectivity index (χ1) is 5.16. The van der Waals surface area contributed by atoms with E-state index in [0.29, 0.717) is 11.1 Å². The Labute approximate surface area is 64.5 Å². The molecule has 0 unspecified atom stereocenters. The molecule has 0 fully saturated rings. The second-order valence-electron chi connectivity index (χ2n) is 2.38. The Morgan fingerprint density at radius 2 is 2.27 bits per heavy atom. The number of nitrogens with zero attached hydrogens (tertiary/aromatic N) is 2. The molecule has 1 heterocycles. The molecule has 0 aromatic carbocycles. The Balaban J connectivity index is 3.53. The zero-order valence-corrected chi connectivity index (χ0v) is 6.46. The fourth-order valence-corrected chi connectivity index (χ4v) is 0.880. The van der Waals surface area contributed by atoms with E-state index in [0.717, 1.165) is 0 Å². The molecule has 56 valence electrons. The lowest BCUT2D eigenvalue weighted by atomic mass is 10.2. The van der Waals surface area contributed by atoms with Crippen molar-refractivity contribution in [2.45, 2.75) is 6.92 Å². The van der Waals surface area contributed by atoms with E-state index < -0.39 is 0 Å². The van der Waals surface area contributed by atoms with Crippen LogP contribution in [0.25, 0.3) is 0 Å². The van der Waals surface area contributed by atoms with E-state index in [1.807, 2.05) is 6.07 Å². The van der Waals surface area contributed by atoms with E-state index in [2.05, 4.69) is 0 Å². The van der Waals surface area contributed by atoms with Crippen LogP contribution in [0.1, 0.15) is 11.1 Å². The van der Waals surface area contributed by atoms with Crippen LogP contribution in [0.4, 0.5) is 0 Å². The summed E-state index contributed by atoms with van der Waals surface area (Å²) in [5, 5.41) is 8.54. The van der Waals surface area contributed by atoms with E-state index in [4.69, 9.17) is 5.26 Å². The van der Waals surface area contributed by atoms with Gasteiger partial charge in [-0.2, -0.15) is 5.26 Å². The highest BCUT2D eigenvalue weighted by molar-refractivity contribution is 5.33. The molecule has 1 aromatic rings. The molecule has 0 saturated carbocycles. The zero-order chi connectivity index (χ0) is 8.43. The first kappa shape index (κ1) is 7.55. The molecule has 0 radical (unpaired) electrons. The summed E-state index contributed by atoms with van der Waals surface area (Å²) in [5.74, 6) is 0. The maximum atomic E-state index is 11.2. The summed E-state index contributed by atoms with van der Waals surface area (Å²) in [6.45, 7) is 1.65. The molecule has 0 N–H and O–H groups in total. The minimum Gasteiger partial charge on any atom is -0.318 e. The van der Waals surface area contributed by atoms with Gasteiger partial charge in [0.05, 0.1) is 11.6 Å². The van der Waals surface area contributed by atoms with Gasteiger partial charge >= 0.3 is 0 Å². The van der Waals surface area contributed by atoms with Gasteiger partial charge in [0.25, 0.3) is 5.56 Å². The molecule has 0 aliphatic heterocycles. The molecule has 0 saturated heterocycles. The molecule has 0 amide bonds. The average Bonchev–Trinajstić information content (AvgIpc) is 2.01. The van der Waals surface area contributed by atoms with Crippen LogP contribution in [0.15, 0.2) is 17.1 Å². The number of pyridine rings is 1. The fourth-order valence-electron chi connectivity index (χ4n) is 0.880. The first-order valence-corrected chi connectivity index (χ1v) is 3.23. The van der Waals surface area contributed by atoms with Crippen molar-refractivity contribution in [1.29, 1.82) is 5.26 Å². The van der Waals surface area contributed by atoms with Gasteiger partial charge in [0.2, 0.25) is 0 Å². The molecule has 11 heavy (non-hydrogen) atoms. The molecule has 3 heteroatoms. The van der Waals surface area contributed by atoms with Crippen LogP contribution in [-0.2, 0) is 7.05 Å². The summed E-state index contributed by atoms with van der Waals surface area (Å²) in [6, 6.07) is 3.59. The molecule has 1 aromatic heterocycles. The summed E-state index contributed by atoms with van der Waals surface area (Å²) in [5.41, 5.74) is 0.856. The molecule has 1 rings (SSSR count). The minimum atomic E-state index is -0.107. The molecule has 0 aliphatic carbocycles. The summed E-state index contributed by atoms with van der Waals surface area (Å²) >= 11 is 0. The van der Waals surface area contributed by atoms with Gasteiger partial charge in [0.15, 0.2) is 0 Å². The summed E-state index contributed by atoms with van der Waals surface area (Å²) < 4.78 is 1.45. The Bertz CT molecular complexity index is 371. The Morgan fingerprint density at radius 3 is 2.82 bits per heavy atom. The summed E-state index contributed by atoms with van der Waals surface area (Å²) in [7, 11) is 1.66. The van der Waals surface area contributed by atoms with Gasteiger partial charge in [-0.3, -0.25) is 4.79 Å². The van der Waals surface area contributed by atoms with E-state index >= 15 is 0 Å². The Kier molecular flexibility index (Phi) is 1.77. The highest BCUT2D eigenvalue weighted by atomic mass is 16.1. The number of hydrogen-bond donors (Lipinski definition) is 0. The number of rotatable bonds is 0. The number of aryl methyl sites for hydroxylation is 1. The molecule has 0 spiro atoms. The maximum Gasteiger partial charge on any atom is 0.254 e. The summed E-state index contributed by atoms with van der Waals surface area (Å²) in [4.78, 5) is 11.2. The lowest BCUT2D eigenvalue weighted by Crippen LogP contribution is -2.19. The van der Waals surface area contributed by atoms with Crippen LogP contribution >= 0.6 is 0 Å². The second kappa shape index (κ2) is 2.59. The van der Waals surface area contributed by atoms with Crippen molar-refractivity contribution >= 4 is 0 Å². The third-order valence-corrected chi connectivity index (χ3v) is 1.63. The van der Waals surface area contributed by atoms with Gasteiger partial charge in [-0.1, -0.05) is 0 Å². The predicted octanol–water partition coefficient (Wildman–Crippen LogP) is 0.565. The Morgan fingerprint density at radius 1 is 1.64 bits per heavy atom. The predicted molar refractivity (Wildman–Crippen MR) is 41.1 cm³/mol. The average molecular weight is 148 g/mol. The van der Waals surface area contributed by atoms with E-state index in [-0.39, 0.29) is 5.56 Å². The number of aromatic nitrogens is 1. The third-order valence-electron chi connectivity index (χ3n) is 1.63. The number of nitriles is 1. The molecule has 0 bridgehead atoms. The third kappa shape index (κ3) is 1.15. The van der Waals surface area contributed by atoms with Crippen molar-refractivity contribution in [3.8, 4) is 6.07 Å². The van der Waals surface area contributed by atoms with Crippen LogP contribution in [0.5, 0.6) is 0 Å². The van der Waals surface area contributed by atoms with Crippen LogP contribution in [0.2, 0.25) is 0 Å². The summed E-state index contributed by atoms with van der Waals surface area (Å²) in [6.07, 6.45) is 1.59. The zero-order valence-electron chi connectivity index (χ0n) is 6.46. The lowest BCUT2D eigenvalue weighted by molar-refractivity contribution is 0.846. The lowest BCUT2D eigenvalue weighted by Gasteiger charge is -1.98.